The fraction of sp³-hybridized carbons (Fsp3) is 0.357. The Balaban J connectivity index is 2.73. The lowest BCUT2D eigenvalue weighted by atomic mass is 9.94. The molecule has 1 unspecified atom stereocenters. The lowest BCUT2D eigenvalue weighted by Gasteiger charge is -2.22. The van der Waals surface area contributed by atoms with Gasteiger partial charge < -0.3 is 4.74 Å². The van der Waals surface area contributed by atoms with E-state index in [1.807, 2.05) is 31.2 Å². The second-order valence-electron chi connectivity index (χ2n) is 4.14. The number of methoxy groups -OCH3 is 1. The molecule has 1 aromatic carbocycles. The molecular weight excluding hydrogens is 212 g/mol. The maximum Gasteiger partial charge on any atom is 0.118 e. The van der Waals surface area contributed by atoms with Crippen LogP contribution in [0.4, 0.5) is 0 Å². The van der Waals surface area contributed by atoms with E-state index in [-0.39, 0.29) is 0 Å². The Labute approximate surface area is 103 Å². The van der Waals surface area contributed by atoms with Crippen LogP contribution in [-0.4, -0.2) is 19.2 Å². The SMILES string of the molecule is C=CCNC(C)(C#N)Cc1ccc(OC)cc1. The van der Waals surface area contributed by atoms with E-state index in [0.29, 0.717) is 13.0 Å². The first kappa shape index (κ1) is 13.3. The van der Waals surface area contributed by atoms with Gasteiger partial charge >= 0.3 is 0 Å². The molecule has 0 saturated heterocycles. The Hall–Kier alpha value is -1.79. The molecule has 0 aromatic heterocycles. The van der Waals surface area contributed by atoms with Gasteiger partial charge in [-0.2, -0.15) is 5.26 Å². The van der Waals surface area contributed by atoms with Crippen LogP contribution in [-0.2, 0) is 6.42 Å². The van der Waals surface area contributed by atoms with E-state index >= 15 is 0 Å². The summed E-state index contributed by atoms with van der Waals surface area (Å²) >= 11 is 0. The smallest absolute Gasteiger partial charge is 0.118 e. The van der Waals surface area contributed by atoms with E-state index in [9.17, 15) is 5.26 Å². The summed E-state index contributed by atoms with van der Waals surface area (Å²) in [5.41, 5.74) is 0.536. The van der Waals surface area contributed by atoms with Crippen molar-refractivity contribution in [3.63, 3.8) is 0 Å². The number of nitriles is 1. The molecule has 0 spiro atoms. The van der Waals surface area contributed by atoms with Gasteiger partial charge in [0.05, 0.1) is 13.2 Å². The van der Waals surface area contributed by atoms with Crippen LogP contribution in [0.15, 0.2) is 36.9 Å². The number of ether oxygens (including phenoxy) is 1. The number of nitrogens with zero attached hydrogens (tertiary/aromatic N) is 1. The number of rotatable bonds is 6. The minimum atomic E-state index is -0.567. The zero-order valence-corrected chi connectivity index (χ0v) is 10.4. The van der Waals surface area contributed by atoms with Crippen LogP contribution in [0.1, 0.15) is 12.5 Å². The predicted molar refractivity (Wildman–Crippen MR) is 68.9 cm³/mol. The van der Waals surface area contributed by atoms with Crippen LogP contribution in [0.2, 0.25) is 0 Å². The summed E-state index contributed by atoms with van der Waals surface area (Å²) < 4.78 is 5.10. The quantitative estimate of drug-likeness (QED) is 0.763. The highest BCUT2D eigenvalue weighted by molar-refractivity contribution is 5.29. The van der Waals surface area contributed by atoms with E-state index in [1.54, 1.807) is 13.2 Å². The first-order valence-electron chi connectivity index (χ1n) is 5.53. The summed E-state index contributed by atoms with van der Waals surface area (Å²) in [6.45, 7) is 6.15. The van der Waals surface area contributed by atoms with Crippen molar-refractivity contribution in [1.29, 1.82) is 5.26 Å². The third-order valence-electron chi connectivity index (χ3n) is 2.60. The highest BCUT2D eigenvalue weighted by atomic mass is 16.5. The van der Waals surface area contributed by atoms with Crippen LogP contribution < -0.4 is 10.1 Å². The fourth-order valence-electron chi connectivity index (χ4n) is 1.59. The molecule has 3 heteroatoms. The Morgan fingerprint density at radius 1 is 1.47 bits per heavy atom. The van der Waals surface area contributed by atoms with Gasteiger partial charge in [0, 0.05) is 13.0 Å². The monoisotopic (exact) mass is 230 g/mol. The average molecular weight is 230 g/mol. The summed E-state index contributed by atoms with van der Waals surface area (Å²) in [4.78, 5) is 0. The number of hydrogen-bond donors (Lipinski definition) is 1. The van der Waals surface area contributed by atoms with Gasteiger partial charge in [0.25, 0.3) is 0 Å². The van der Waals surface area contributed by atoms with Gasteiger partial charge in [-0.3, -0.25) is 5.32 Å². The third-order valence-corrected chi connectivity index (χ3v) is 2.60. The van der Waals surface area contributed by atoms with Gasteiger partial charge in [0.1, 0.15) is 11.3 Å². The normalized spacial score (nSPS) is 13.5. The zero-order chi connectivity index (χ0) is 12.7. The molecule has 1 N–H and O–H groups in total. The molecule has 0 heterocycles. The molecular formula is C14H18N2O. The van der Waals surface area contributed by atoms with Crippen LogP contribution in [0, 0.1) is 11.3 Å². The largest absolute Gasteiger partial charge is 0.497 e. The standard InChI is InChI=1S/C14H18N2O/c1-4-9-16-14(2,11-15)10-12-5-7-13(17-3)8-6-12/h4-8,16H,1,9-10H2,2-3H3. The van der Waals surface area contributed by atoms with Crippen molar-refractivity contribution in [1.82, 2.24) is 5.32 Å². The average Bonchev–Trinajstić information content (AvgIpc) is 2.37. The molecule has 0 saturated carbocycles. The molecule has 0 bridgehead atoms. The molecule has 0 aliphatic rings. The second-order valence-corrected chi connectivity index (χ2v) is 4.14. The van der Waals surface area contributed by atoms with E-state index in [2.05, 4.69) is 18.0 Å². The molecule has 1 rings (SSSR count). The Bertz CT molecular complexity index is 405. The summed E-state index contributed by atoms with van der Waals surface area (Å²) in [7, 11) is 1.64. The number of hydrogen-bond acceptors (Lipinski definition) is 3. The van der Waals surface area contributed by atoms with Crippen LogP contribution in [0.25, 0.3) is 0 Å². The minimum Gasteiger partial charge on any atom is -0.497 e. The van der Waals surface area contributed by atoms with E-state index in [0.717, 1.165) is 11.3 Å². The highest BCUT2D eigenvalue weighted by Gasteiger charge is 2.22. The van der Waals surface area contributed by atoms with Crippen molar-refractivity contribution in [2.24, 2.45) is 0 Å². The van der Waals surface area contributed by atoms with Gasteiger partial charge in [0.2, 0.25) is 0 Å². The van der Waals surface area contributed by atoms with Gasteiger partial charge in [-0.1, -0.05) is 18.2 Å². The van der Waals surface area contributed by atoms with Gasteiger partial charge in [0.15, 0.2) is 0 Å². The molecule has 0 radical (unpaired) electrons. The molecule has 0 amide bonds. The maximum absolute atomic E-state index is 9.20. The highest BCUT2D eigenvalue weighted by Crippen LogP contribution is 2.16. The first-order valence-corrected chi connectivity index (χ1v) is 5.53. The summed E-state index contributed by atoms with van der Waals surface area (Å²) in [6, 6.07) is 10.1. The van der Waals surface area contributed by atoms with E-state index < -0.39 is 5.54 Å². The molecule has 1 atom stereocenters. The minimum absolute atomic E-state index is 0.567. The molecule has 17 heavy (non-hydrogen) atoms. The first-order chi connectivity index (χ1) is 8.13. The Morgan fingerprint density at radius 3 is 2.59 bits per heavy atom. The summed E-state index contributed by atoms with van der Waals surface area (Å²) in [5, 5.41) is 12.4. The topological polar surface area (TPSA) is 45.0 Å². The molecule has 0 aliphatic carbocycles. The Morgan fingerprint density at radius 2 is 2.12 bits per heavy atom. The van der Waals surface area contributed by atoms with Crippen molar-refractivity contribution in [2.75, 3.05) is 13.7 Å². The van der Waals surface area contributed by atoms with Gasteiger partial charge in [-0.05, 0) is 24.6 Å². The lowest BCUT2D eigenvalue weighted by molar-refractivity contribution is 0.414. The van der Waals surface area contributed by atoms with Crippen molar-refractivity contribution < 1.29 is 4.74 Å². The zero-order valence-electron chi connectivity index (χ0n) is 10.4. The van der Waals surface area contributed by atoms with Gasteiger partial charge in [-0.25, -0.2) is 0 Å². The van der Waals surface area contributed by atoms with Crippen LogP contribution in [0.3, 0.4) is 0 Å². The number of benzene rings is 1. The summed E-state index contributed by atoms with van der Waals surface area (Å²) in [5.74, 6) is 0.825. The number of nitrogens with one attached hydrogen (secondary N) is 1. The molecule has 3 nitrogen and oxygen atoms in total. The van der Waals surface area contributed by atoms with Crippen molar-refractivity contribution in [2.45, 2.75) is 18.9 Å². The molecule has 1 aromatic rings. The van der Waals surface area contributed by atoms with E-state index in [1.165, 1.54) is 0 Å². The van der Waals surface area contributed by atoms with Crippen LogP contribution >= 0.6 is 0 Å². The molecule has 0 fully saturated rings. The lowest BCUT2D eigenvalue weighted by Crippen LogP contribution is -2.43. The van der Waals surface area contributed by atoms with E-state index in [4.69, 9.17) is 4.74 Å². The third kappa shape index (κ3) is 3.93. The summed E-state index contributed by atoms with van der Waals surface area (Å²) in [6.07, 6.45) is 2.41. The van der Waals surface area contributed by atoms with Gasteiger partial charge in [-0.15, -0.1) is 6.58 Å². The Kier molecular flexibility index (Phi) is 4.74. The molecule has 90 valence electrons. The van der Waals surface area contributed by atoms with Crippen molar-refractivity contribution in [3.05, 3.63) is 42.5 Å². The second kappa shape index (κ2) is 6.07. The fourth-order valence-corrected chi connectivity index (χ4v) is 1.59. The predicted octanol–water partition coefficient (Wildman–Crippen LogP) is 2.30. The molecule has 0 aliphatic heterocycles. The maximum atomic E-state index is 9.20. The van der Waals surface area contributed by atoms with Crippen molar-refractivity contribution >= 4 is 0 Å². The van der Waals surface area contributed by atoms with Crippen LogP contribution in [0.5, 0.6) is 5.75 Å². The van der Waals surface area contributed by atoms with Crippen molar-refractivity contribution in [3.8, 4) is 11.8 Å².